The highest BCUT2D eigenvalue weighted by Gasteiger charge is 2.27. The molecule has 2 aromatic rings. The maximum absolute atomic E-state index is 13.3. The summed E-state index contributed by atoms with van der Waals surface area (Å²) in [5.74, 6) is -0.332. The van der Waals surface area contributed by atoms with Gasteiger partial charge in [-0.3, -0.25) is 9.10 Å². The third kappa shape index (κ3) is 6.68. The van der Waals surface area contributed by atoms with Gasteiger partial charge in [0.25, 0.3) is 10.0 Å². The number of carbonyl (C=O) groups is 1. The van der Waals surface area contributed by atoms with E-state index in [1.54, 1.807) is 12.1 Å². The standard InChI is InChI=1S/C23H31ClN4O3S/c1-19-4-8-21(9-5-19)28(32(30,31)22-10-6-20(24)7-11-22)18-23(29)25-12-3-13-27-16-14-26(2)15-17-27/h4-11H,3,12-18H2,1-2H3,(H,25,29). The predicted octanol–water partition coefficient (Wildman–Crippen LogP) is 2.60. The van der Waals surface area contributed by atoms with Crippen LogP contribution in [0.2, 0.25) is 5.02 Å². The van der Waals surface area contributed by atoms with Gasteiger partial charge in [-0.1, -0.05) is 29.3 Å². The molecule has 0 aliphatic carbocycles. The van der Waals surface area contributed by atoms with Gasteiger partial charge in [-0.05, 0) is 63.3 Å². The van der Waals surface area contributed by atoms with E-state index in [0.717, 1.165) is 49.0 Å². The van der Waals surface area contributed by atoms with E-state index in [1.165, 1.54) is 24.3 Å². The quantitative estimate of drug-likeness (QED) is 0.561. The Morgan fingerprint density at radius 3 is 2.28 bits per heavy atom. The van der Waals surface area contributed by atoms with Gasteiger partial charge < -0.3 is 15.1 Å². The summed E-state index contributed by atoms with van der Waals surface area (Å²) < 4.78 is 27.8. The smallest absolute Gasteiger partial charge is 0.264 e. The fourth-order valence-electron chi connectivity index (χ4n) is 3.55. The number of nitrogens with zero attached hydrogens (tertiary/aromatic N) is 3. The molecule has 1 aliphatic rings. The van der Waals surface area contributed by atoms with Crippen LogP contribution in [0.4, 0.5) is 5.69 Å². The number of rotatable bonds is 9. The molecule has 1 heterocycles. The summed E-state index contributed by atoms with van der Waals surface area (Å²) in [6, 6.07) is 13.0. The van der Waals surface area contributed by atoms with Crippen molar-refractivity contribution < 1.29 is 13.2 Å². The number of halogens is 1. The number of likely N-dealkylation sites (N-methyl/N-ethyl adjacent to an activating group) is 1. The van der Waals surface area contributed by atoms with Crippen LogP contribution in [0.25, 0.3) is 0 Å². The molecule has 0 spiro atoms. The molecule has 7 nitrogen and oxygen atoms in total. The number of amides is 1. The van der Waals surface area contributed by atoms with Crippen LogP contribution in [-0.4, -0.2) is 77.0 Å². The Morgan fingerprint density at radius 2 is 1.66 bits per heavy atom. The van der Waals surface area contributed by atoms with Crippen molar-refractivity contribution in [2.75, 3.05) is 57.2 Å². The van der Waals surface area contributed by atoms with Crippen LogP contribution >= 0.6 is 11.6 Å². The van der Waals surface area contributed by atoms with Gasteiger partial charge in [0.15, 0.2) is 0 Å². The average Bonchev–Trinajstić information content (AvgIpc) is 2.77. The van der Waals surface area contributed by atoms with Crippen LogP contribution in [0.5, 0.6) is 0 Å². The number of carbonyl (C=O) groups excluding carboxylic acids is 1. The number of hydrogen-bond donors (Lipinski definition) is 1. The molecule has 0 saturated carbocycles. The van der Waals surface area contributed by atoms with Crippen molar-refractivity contribution >= 4 is 33.2 Å². The van der Waals surface area contributed by atoms with Gasteiger partial charge in [0.2, 0.25) is 5.91 Å². The van der Waals surface area contributed by atoms with Crippen molar-refractivity contribution in [2.45, 2.75) is 18.2 Å². The first-order valence-electron chi connectivity index (χ1n) is 10.8. The molecule has 1 saturated heterocycles. The molecule has 0 atom stereocenters. The van der Waals surface area contributed by atoms with Crippen molar-refractivity contribution in [2.24, 2.45) is 0 Å². The molecule has 2 aromatic carbocycles. The van der Waals surface area contributed by atoms with Crippen LogP contribution in [0, 0.1) is 6.92 Å². The zero-order valence-electron chi connectivity index (χ0n) is 18.6. The molecule has 32 heavy (non-hydrogen) atoms. The molecular formula is C23H31ClN4O3S. The molecule has 1 fully saturated rings. The number of nitrogens with one attached hydrogen (secondary N) is 1. The molecule has 9 heteroatoms. The summed E-state index contributed by atoms with van der Waals surface area (Å²) >= 11 is 5.92. The first kappa shape index (κ1) is 24.5. The lowest BCUT2D eigenvalue weighted by Gasteiger charge is -2.32. The first-order chi connectivity index (χ1) is 15.3. The number of piperazine rings is 1. The fourth-order valence-corrected chi connectivity index (χ4v) is 5.10. The Hall–Kier alpha value is -2.13. The van der Waals surface area contributed by atoms with Crippen LogP contribution in [0.15, 0.2) is 53.4 Å². The Labute approximate surface area is 196 Å². The monoisotopic (exact) mass is 478 g/mol. The van der Waals surface area contributed by atoms with E-state index in [-0.39, 0.29) is 17.3 Å². The van der Waals surface area contributed by atoms with Gasteiger partial charge in [-0.25, -0.2) is 8.42 Å². The summed E-state index contributed by atoms with van der Waals surface area (Å²) in [5, 5.41) is 3.32. The summed E-state index contributed by atoms with van der Waals surface area (Å²) in [4.78, 5) is 17.4. The highest BCUT2D eigenvalue weighted by atomic mass is 35.5. The second kappa shape index (κ2) is 11.1. The summed E-state index contributed by atoms with van der Waals surface area (Å²) in [6.07, 6.45) is 0.823. The lowest BCUT2D eigenvalue weighted by molar-refractivity contribution is -0.119. The summed E-state index contributed by atoms with van der Waals surface area (Å²) in [7, 11) is -1.81. The SMILES string of the molecule is Cc1ccc(N(CC(=O)NCCCN2CCN(C)CC2)S(=O)(=O)c2ccc(Cl)cc2)cc1. The average molecular weight is 479 g/mol. The molecule has 1 N–H and O–H groups in total. The minimum Gasteiger partial charge on any atom is -0.354 e. The Bertz CT molecular complexity index is 989. The fraction of sp³-hybridized carbons (Fsp3) is 0.435. The van der Waals surface area contributed by atoms with E-state index in [1.807, 2.05) is 19.1 Å². The first-order valence-corrected chi connectivity index (χ1v) is 12.6. The topological polar surface area (TPSA) is 73.0 Å². The molecule has 3 rings (SSSR count). The zero-order chi connectivity index (χ0) is 23.1. The Balaban J connectivity index is 1.64. The molecular weight excluding hydrogens is 448 g/mol. The molecule has 0 unspecified atom stereocenters. The van der Waals surface area contributed by atoms with Gasteiger partial charge in [0, 0.05) is 37.7 Å². The Kier molecular flexibility index (Phi) is 8.53. The largest absolute Gasteiger partial charge is 0.354 e. The van der Waals surface area contributed by atoms with Crippen molar-refractivity contribution in [1.29, 1.82) is 0 Å². The molecule has 1 amide bonds. The number of sulfonamides is 1. The van der Waals surface area contributed by atoms with E-state index in [2.05, 4.69) is 22.2 Å². The Morgan fingerprint density at radius 1 is 1.03 bits per heavy atom. The molecule has 0 aromatic heterocycles. The number of benzene rings is 2. The molecule has 174 valence electrons. The number of anilines is 1. The maximum Gasteiger partial charge on any atom is 0.264 e. The van der Waals surface area contributed by atoms with Gasteiger partial charge >= 0.3 is 0 Å². The maximum atomic E-state index is 13.3. The van der Waals surface area contributed by atoms with Crippen molar-refractivity contribution in [3.8, 4) is 0 Å². The van der Waals surface area contributed by atoms with E-state index < -0.39 is 10.0 Å². The highest BCUT2D eigenvalue weighted by molar-refractivity contribution is 7.92. The van der Waals surface area contributed by atoms with E-state index >= 15 is 0 Å². The van der Waals surface area contributed by atoms with Gasteiger partial charge in [-0.15, -0.1) is 0 Å². The number of aryl methyl sites for hydroxylation is 1. The lowest BCUT2D eigenvalue weighted by Crippen LogP contribution is -2.45. The normalized spacial score (nSPS) is 15.5. The zero-order valence-corrected chi connectivity index (χ0v) is 20.2. The molecule has 1 aliphatic heterocycles. The molecule has 0 bridgehead atoms. The van der Waals surface area contributed by atoms with Gasteiger partial charge in [0.05, 0.1) is 10.6 Å². The van der Waals surface area contributed by atoms with Crippen molar-refractivity contribution in [3.05, 3.63) is 59.1 Å². The number of hydrogen-bond acceptors (Lipinski definition) is 5. The third-order valence-corrected chi connectivity index (χ3v) is 7.62. The van der Waals surface area contributed by atoms with E-state index in [9.17, 15) is 13.2 Å². The van der Waals surface area contributed by atoms with Crippen LogP contribution < -0.4 is 9.62 Å². The van der Waals surface area contributed by atoms with Crippen LogP contribution in [0.1, 0.15) is 12.0 Å². The lowest BCUT2D eigenvalue weighted by atomic mass is 10.2. The van der Waals surface area contributed by atoms with Gasteiger partial charge in [0.1, 0.15) is 6.54 Å². The minimum absolute atomic E-state index is 0.0883. The highest BCUT2D eigenvalue weighted by Crippen LogP contribution is 2.25. The second-order valence-electron chi connectivity index (χ2n) is 8.15. The summed E-state index contributed by atoms with van der Waals surface area (Å²) in [5.41, 5.74) is 1.45. The van der Waals surface area contributed by atoms with Gasteiger partial charge in [-0.2, -0.15) is 0 Å². The van der Waals surface area contributed by atoms with E-state index in [0.29, 0.717) is 17.3 Å². The van der Waals surface area contributed by atoms with Crippen molar-refractivity contribution in [1.82, 2.24) is 15.1 Å². The van der Waals surface area contributed by atoms with Crippen LogP contribution in [0.3, 0.4) is 0 Å². The van der Waals surface area contributed by atoms with E-state index in [4.69, 9.17) is 11.6 Å². The van der Waals surface area contributed by atoms with Crippen molar-refractivity contribution in [3.63, 3.8) is 0 Å². The minimum atomic E-state index is -3.93. The third-order valence-electron chi connectivity index (χ3n) is 5.58. The molecule has 0 radical (unpaired) electrons. The van der Waals surface area contributed by atoms with Crippen LogP contribution in [-0.2, 0) is 14.8 Å². The predicted molar refractivity (Wildman–Crippen MR) is 129 cm³/mol. The second-order valence-corrected chi connectivity index (χ2v) is 10.4. The summed E-state index contributed by atoms with van der Waals surface area (Å²) in [6.45, 7) is 7.24.